The zero-order chi connectivity index (χ0) is 21.6. The molecule has 0 heterocycles. The van der Waals surface area contributed by atoms with Crippen molar-refractivity contribution in [2.45, 2.75) is 32.4 Å². The standard InChI is InChI=1S/C23H27BrN2O3/c1-6-15-26(22(28)16-11-13-17(29-5)14-12-16)20(21(27)25-23(2,3)4)18-9-7-8-10-19(18)24/h6-14,20H,1,15H2,2-5H3,(H,25,27). The van der Waals surface area contributed by atoms with Crippen molar-refractivity contribution in [2.24, 2.45) is 0 Å². The summed E-state index contributed by atoms with van der Waals surface area (Å²) >= 11 is 3.53. The summed E-state index contributed by atoms with van der Waals surface area (Å²) < 4.78 is 5.93. The van der Waals surface area contributed by atoms with Crippen LogP contribution in [0, 0.1) is 0 Å². The Bertz CT molecular complexity index is 872. The molecule has 2 aromatic carbocycles. The number of amides is 2. The lowest BCUT2D eigenvalue weighted by Gasteiger charge is -2.33. The van der Waals surface area contributed by atoms with Crippen LogP contribution >= 0.6 is 15.9 Å². The van der Waals surface area contributed by atoms with Crippen LogP contribution in [-0.4, -0.2) is 35.9 Å². The Kier molecular flexibility index (Phi) is 7.62. The summed E-state index contributed by atoms with van der Waals surface area (Å²) in [6.45, 7) is 9.72. The lowest BCUT2D eigenvalue weighted by atomic mass is 10.0. The van der Waals surface area contributed by atoms with Crippen LogP contribution in [0.1, 0.15) is 42.7 Å². The molecule has 6 heteroatoms. The number of ether oxygens (including phenoxy) is 1. The van der Waals surface area contributed by atoms with Gasteiger partial charge in [-0.15, -0.1) is 6.58 Å². The molecular formula is C23H27BrN2O3. The van der Waals surface area contributed by atoms with E-state index in [0.29, 0.717) is 16.9 Å². The number of carbonyl (C=O) groups excluding carboxylic acids is 2. The predicted molar refractivity (Wildman–Crippen MR) is 119 cm³/mol. The number of rotatable bonds is 7. The summed E-state index contributed by atoms with van der Waals surface area (Å²) in [5.41, 5.74) is 0.728. The summed E-state index contributed by atoms with van der Waals surface area (Å²) in [5.74, 6) is 0.134. The molecule has 0 bridgehead atoms. The molecule has 2 aromatic rings. The Balaban J connectivity index is 2.52. The molecule has 0 saturated carbocycles. The molecule has 0 aliphatic heterocycles. The van der Waals surface area contributed by atoms with E-state index in [2.05, 4.69) is 27.8 Å². The van der Waals surface area contributed by atoms with Crippen LogP contribution in [0.25, 0.3) is 0 Å². The minimum absolute atomic E-state index is 0.217. The third-order valence-corrected chi connectivity index (χ3v) is 4.90. The van der Waals surface area contributed by atoms with Crippen LogP contribution in [0.5, 0.6) is 5.75 Å². The molecule has 1 unspecified atom stereocenters. The van der Waals surface area contributed by atoms with E-state index >= 15 is 0 Å². The fourth-order valence-corrected chi connectivity index (χ4v) is 3.43. The molecule has 2 rings (SSSR count). The summed E-state index contributed by atoms with van der Waals surface area (Å²) in [7, 11) is 1.57. The molecule has 0 aromatic heterocycles. The lowest BCUT2D eigenvalue weighted by molar-refractivity contribution is -0.127. The van der Waals surface area contributed by atoms with E-state index in [1.165, 1.54) is 4.90 Å². The fourth-order valence-electron chi connectivity index (χ4n) is 2.93. The molecular weight excluding hydrogens is 432 g/mol. The second-order valence-electron chi connectivity index (χ2n) is 7.64. The molecule has 1 N–H and O–H groups in total. The minimum atomic E-state index is -0.822. The van der Waals surface area contributed by atoms with Gasteiger partial charge in [0.15, 0.2) is 0 Å². The Hall–Kier alpha value is -2.60. The Labute approximate surface area is 180 Å². The van der Waals surface area contributed by atoms with Crippen LogP contribution in [0.3, 0.4) is 0 Å². The maximum atomic E-state index is 13.4. The van der Waals surface area contributed by atoms with Crippen molar-refractivity contribution in [1.82, 2.24) is 10.2 Å². The second kappa shape index (κ2) is 9.74. The van der Waals surface area contributed by atoms with Gasteiger partial charge in [0.1, 0.15) is 11.8 Å². The van der Waals surface area contributed by atoms with Crippen molar-refractivity contribution in [3.8, 4) is 5.75 Å². The van der Waals surface area contributed by atoms with E-state index in [-0.39, 0.29) is 18.4 Å². The van der Waals surface area contributed by atoms with Gasteiger partial charge in [-0.3, -0.25) is 9.59 Å². The number of halogens is 1. The first kappa shape index (κ1) is 22.7. The van der Waals surface area contributed by atoms with Crippen molar-refractivity contribution in [1.29, 1.82) is 0 Å². The largest absolute Gasteiger partial charge is 0.497 e. The number of benzene rings is 2. The third-order valence-electron chi connectivity index (χ3n) is 4.18. The van der Waals surface area contributed by atoms with Crippen LogP contribution in [0.4, 0.5) is 0 Å². The Morgan fingerprint density at radius 1 is 1.17 bits per heavy atom. The van der Waals surface area contributed by atoms with Crippen LogP contribution in [0.15, 0.2) is 65.7 Å². The fraction of sp³-hybridized carbons (Fsp3) is 0.304. The van der Waals surface area contributed by atoms with Gasteiger partial charge in [-0.05, 0) is 56.7 Å². The minimum Gasteiger partial charge on any atom is -0.497 e. The van der Waals surface area contributed by atoms with Gasteiger partial charge < -0.3 is 15.0 Å². The molecule has 1 atom stereocenters. The SMILES string of the molecule is C=CCN(C(=O)c1ccc(OC)cc1)C(C(=O)NC(C)(C)C)c1ccccc1Br. The van der Waals surface area contributed by atoms with Crippen molar-refractivity contribution < 1.29 is 14.3 Å². The highest BCUT2D eigenvalue weighted by molar-refractivity contribution is 9.10. The first-order chi connectivity index (χ1) is 13.7. The van der Waals surface area contributed by atoms with Crippen molar-refractivity contribution in [2.75, 3.05) is 13.7 Å². The number of hydrogen-bond donors (Lipinski definition) is 1. The quantitative estimate of drug-likeness (QED) is 0.609. The molecule has 0 fully saturated rings. The summed E-state index contributed by atoms with van der Waals surface area (Å²) in [6.07, 6.45) is 1.62. The summed E-state index contributed by atoms with van der Waals surface area (Å²) in [6, 6.07) is 13.4. The highest BCUT2D eigenvalue weighted by Gasteiger charge is 2.34. The highest BCUT2D eigenvalue weighted by atomic mass is 79.9. The first-order valence-electron chi connectivity index (χ1n) is 9.30. The topological polar surface area (TPSA) is 58.6 Å². The van der Waals surface area contributed by atoms with Crippen LogP contribution < -0.4 is 10.1 Å². The average Bonchev–Trinajstić information content (AvgIpc) is 2.67. The lowest BCUT2D eigenvalue weighted by Crippen LogP contribution is -2.49. The van der Waals surface area contributed by atoms with E-state index in [4.69, 9.17) is 4.74 Å². The molecule has 2 amide bonds. The molecule has 0 spiro atoms. The van der Waals surface area contributed by atoms with Gasteiger partial charge in [0, 0.05) is 22.1 Å². The average molecular weight is 459 g/mol. The number of nitrogens with zero attached hydrogens (tertiary/aromatic N) is 1. The molecule has 0 radical (unpaired) electrons. The van der Waals surface area contributed by atoms with Crippen LogP contribution in [0.2, 0.25) is 0 Å². The first-order valence-corrected chi connectivity index (χ1v) is 10.1. The zero-order valence-corrected chi connectivity index (χ0v) is 18.8. The van der Waals surface area contributed by atoms with Gasteiger partial charge in [-0.2, -0.15) is 0 Å². The molecule has 0 aliphatic carbocycles. The summed E-state index contributed by atoms with van der Waals surface area (Å²) in [4.78, 5) is 28.2. The normalized spacial score (nSPS) is 12.0. The highest BCUT2D eigenvalue weighted by Crippen LogP contribution is 2.30. The monoisotopic (exact) mass is 458 g/mol. The van der Waals surface area contributed by atoms with E-state index < -0.39 is 11.6 Å². The number of nitrogens with one attached hydrogen (secondary N) is 1. The summed E-state index contributed by atoms with van der Waals surface area (Å²) in [5, 5.41) is 3.00. The van der Waals surface area contributed by atoms with Crippen LogP contribution in [-0.2, 0) is 4.79 Å². The molecule has 29 heavy (non-hydrogen) atoms. The van der Waals surface area contributed by atoms with Gasteiger partial charge in [0.25, 0.3) is 5.91 Å². The van der Waals surface area contributed by atoms with E-state index in [0.717, 1.165) is 4.47 Å². The van der Waals surface area contributed by atoms with E-state index in [1.54, 1.807) is 37.5 Å². The molecule has 0 saturated heterocycles. The smallest absolute Gasteiger partial charge is 0.255 e. The van der Waals surface area contributed by atoms with Gasteiger partial charge >= 0.3 is 0 Å². The zero-order valence-electron chi connectivity index (χ0n) is 17.2. The number of methoxy groups -OCH3 is 1. The maximum absolute atomic E-state index is 13.4. The third kappa shape index (κ3) is 5.94. The van der Waals surface area contributed by atoms with Gasteiger partial charge in [-0.1, -0.05) is 40.2 Å². The second-order valence-corrected chi connectivity index (χ2v) is 8.49. The van der Waals surface area contributed by atoms with Gasteiger partial charge in [0.05, 0.1) is 7.11 Å². The van der Waals surface area contributed by atoms with Gasteiger partial charge in [0.2, 0.25) is 5.91 Å². The number of carbonyl (C=O) groups is 2. The Morgan fingerprint density at radius 3 is 2.31 bits per heavy atom. The molecule has 5 nitrogen and oxygen atoms in total. The van der Waals surface area contributed by atoms with Crippen molar-refractivity contribution in [3.63, 3.8) is 0 Å². The molecule has 154 valence electrons. The van der Waals surface area contributed by atoms with Crippen molar-refractivity contribution >= 4 is 27.7 Å². The maximum Gasteiger partial charge on any atom is 0.255 e. The molecule has 0 aliphatic rings. The number of hydrogen-bond acceptors (Lipinski definition) is 3. The van der Waals surface area contributed by atoms with E-state index in [9.17, 15) is 9.59 Å². The van der Waals surface area contributed by atoms with Gasteiger partial charge in [-0.25, -0.2) is 0 Å². The van der Waals surface area contributed by atoms with Crippen molar-refractivity contribution in [3.05, 3.63) is 76.8 Å². The Morgan fingerprint density at radius 2 is 1.79 bits per heavy atom. The predicted octanol–water partition coefficient (Wildman–Crippen LogP) is 4.74. The van der Waals surface area contributed by atoms with E-state index in [1.807, 2.05) is 45.0 Å².